The molecule has 0 heterocycles. The normalized spacial score (nSPS) is 11.4. The van der Waals surface area contributed by atoms with E-state index in [0.29, 0.717) is 11.5 Å². The van der Waals surface area contributed by atoms with Crippen LogP contribution in [0.3, 0.4) is 0 Å². The van der Waals surface area contributed by atoms with E-state index < -0.39 is 36.1 Å². The maximum Gasteiger partial charge on any atom is 0.320 e. The van der Waals surface area contributed by atoms with E-state index in [2.05, 4.69) is 5.32 Å². The minimum Gasteiger partial charge on any atom is -0.497 e. The van der Waals surface area contributed by atoms with Crippen LogP contribution in [-0.4, -0.2) is 60.4 Å². The number of benzene rings is 2. The zero-order valence-corrected chi connectivity index (χ0v) is 21.9. The molecule has 1 amide bonds. The number of ether oxygens (including phenoxy) is 2. The Bertz CT molecular complexity index is 1150. The minimum atomic E-state index is -1.18. The van der Waals surface area contributed by atoms with E-state index in [1.807, 2.05) is 0 Å². The van der Waals surface area contributed by atoms with Crippen LogP contribution in [0.4, 0.5) is 5.69 Å². The number of hydrogen-bond donors (Lipinski definition) is 5. The van der Waals surface area contributed by atoms with Crippen LogP contribution < -0.4 is 26.3 Å². The summed E-state index contributed by atoms with van der Waals surface area (Å²) in [6.07, 6.45) is -0.364. The number of nitrogens with zero attached hydrogens (tertiary/aromatic N) is 1. The fraction of sp³-hybridized carbons (Fsp3) is 0.333. The van der Waals surface area contributed by atoms with E-state index in [1.54, 1.807) is 18.2 Å². The van der Waals surface area contributed by atoms with E-state index in [0.717, 1.165) is 10.5 Å². The van der Waals surface area contributed by atoms with Crippen molar-refractivity contribution in [1.29, 1.82) is 5.41 Å². The Balaban J connectivity index is 2.20. The molecule has 0 aromatic heterocycles. The molecule has 7 N–H and O–H groups in total. The summed E-state index contributed by atoms with van der Waals surface area (Å²) in [5, 5.41) is 20.0. The maximum absolute atomic E-state index is 13.1. The lowest BCUT2D eigenvalue weighted by Gasteiger charge is -2.21. The van der Waals surface area contributed by atoms with Crippen LogP contribution in [0.5, 0.6) is 11.5 Å². The summed E-state index contributed by atoms with van der Waals surface area (Å²) in [7, 11) is 3.05. The van der Waals surface area contributed by atoms with Crippen molar-refractivity contribution in [2.45, 2.75) is 31.8 Å². The van der Waals surface area contributed by atoms with Gasteiger partial charge in [-0.25, -0.2) is 0 Å². The Labute approximate surface area is 224 Å². The minimum absolute atomic E-state index is 0.0629. The van der Waals surface area contributed by atoms with Crippen molar-refractivity contribution in [1.82, 2.24) is 4.90 Å². The summed E-state index contributed by atoms with van der Waals surface area (Å²) in [6, 6.07) is 7.05. The van der Waals surface area contributed by atoms with Crippen molar-refractivity contribution in [3.05, 3.63) is 51.5 Å². The maximum atomic E-state index is 13.1. The number of carboxylic acid groups (broad SMARTS) is 1. The van der Waals surface area contributed by atoms with E-state index >= 15 is 0 Å². The topological polar surface area (TPSA) is 181 Å². The zero-order valence-electron chi connectivity index (χ0n) is 20.3. The number of amides is 1. The van der Waals surface area contributed by atoms with Gasteiger partial charge in [0, 0.05) is 24.7 Å². The van der Waals surface area contributed by atoms with E-state index in [-0.39, 0.29) is 47.2 Å². The van der Waals surface area contributed by atoms with Crippen molar-refractivity contribution in [3.8, 4) is 11.5 Å². The number of carbonyl (C=O) groups is 3. The lowest BCUT2D eigenvalue weighted by molar-refractivity contribution is -0.138. The van der Waals surface area contributed by atoms with Crippen molar-refractivity contribution in [3.63, 3.8) is 0 Å². The van der Waals surface area contributed by atoms with Gasteiger partial charge in [-0.2, -0.15) is 0 Å². The van der Waals surface area contributed by atoms with Gasteiger partial charge in [-0.3, -0.25) is 24.7 Å². The second-order valence-electron chi connectivity index (χ2n) is 7.98. The highest BCUT2D eigenvalue weighted by atomic mass is 35.5. The second-order valence-corrected chi connectivity index (χ2v) is 8.76. The van der Waals surface area contributed by atoms with E-state index in [4.69, 9.17) is 54.7 Å². The summed E-state index contributed by atoms with van der Waals surface area (Å²) in [4.78, 5) is 37.7. The van der Waals surface area contributed by atoms with Gasteiger partial charge in [0.25, 0.3) is 0 Å². The molecule has 0 saturated carbocycles. The number of methoxy groups -OCH3 is 2. The molecule has 0 aliphatic carbocycles. The third kappa shape index (κ3) is 8.24. The van der Waals surface area contributed by atoms with E-state index in [1.165, 1.54) is 26.4 Å². The molecule has 37 heavy (non-hydrogen) atoms. The standard InChI is InChI=1S/C24H29Cl2N5O6/c1-36-14-8-13(9-15(10-14)37-2)12-30-22-16(5-6-17(25)21(22)26)19(32)11-20(33)31(24(28)29)7-3-4-18(27)23(34)35/h5-6,8-10,18,30H,3-4,7,11-12,27H2,1-2H3,(H3,28,29)(H,34,35). The van der Waals surface area contributed by atoms with Crippen molar-refractivity contribution < 1.29 is 29.0 Å². The number of Topliss-reactive ketones (excluding diaryl/α,β-unsaturated/α-hetero) is 1. The average Bonchev–Trinajstić information content (AvgIpc) is 2.86. The number of carboxylic acids is 1. The largest absolute Gasteiger partial charge is 0.497 e. The fourth-order valence-corrected chi connectivity index (χ4v) is 3.80. The van der Waals surface area contributed by atoms with Crippen LogP contribution in [0.2, 0.25) is 10.0 Å². The Hall–Kier alpha value is -3.54. The number of ketones is 1. The van der Waals surface area contributed by atoms with E-state index in [9.17, 15) is 14.4 Å². The monoisotopic (exact) mass is 553 g/mol. The Kier molecular flexibility index (Phi) is 11.0. The summed E-state index contributed by atoms with van der Waals surface area (Å²) < 4.78 is 10.6. The first-order valence-electron chi connectivity index (χ1n) is 11.1. The number of anilines is 1. The lowest BCUT2D eigenvalue weighted by Crippen LogP contribution is -2.43. The third-order valence-corrected chi connectivity index (χ3v) is 6.20. The first-order valence-corrected chi connectivity index (χ1v) is 11.8. The zero-order chi connectivity index (χ0) is 27.7. The molecule has 2 rings (SSSR count). The molecule has 13 heteroatoms. The highest BCUT2D eigenvalue weighted by Crippen LogP contribution is 2.35. The summed E-state index contributed by atoms with van der Waals surface area (Å²) in [5.74, 6) is -1.91. The van der Waals surface area contributed by atoms with Crippen LogP contribution in [0, 0.1) is 5.41 Å². The number of hydrogen-bond acceptors (Lipinski definition) is 8. The second kappa shape index (κ2) is 13.7. The summed E-state index contributed by atoms with van der Waals surface area (Å²) in [6.45, 7) is 0.165. The molecule has 0 saturated heterocycles. The van der Waals surface area contributed by atoms with Crippen LogP contribution in [0.1, 0.15) is 35.2 Å². The van der Waals surface area contributed by atoms with Gasteiger partial charge in [0.1, 0.15) is 17.5 Å². The SMILES string of the molecule is COc1cc(CNc2c(C(=O)CC(=O)N(CCCC(N)C(=O)O)C(=N)N)ccc(Cl)c2Cl)cc(OC)c1. The predicted octanol–water partition coefficient (Wildman–Crippen LogP) is 3.11. The average molecular weight is 554 g/mol. The van der Waals surface area contributed by atoms with Gasteiger partial charge < -0.3 is 31.4 Å². The number of nitrogens with two attached hydrogens (primary N) is 2. The number of aliphatic carboxylic acids is 1. The molecule has 11 nitrogen and oxygen atoms in total. The molecule has 1 unspecified atom stereocenters. The highest BCUT2D eigenvalue weighted by molar-refractivity contribution is 6.44. The number of guanidine groups is 1. The van der Waals surface area contributed by atoms with Gasteiger partial charge in [0.2, 0.25) is 5.91 Å². The molecule has 200 valence electrons. The molecule has 1 atom stereocenters. The molecule has 2 aromatic carbocycles. The molecule has 0 bridgehead atoms. The lowest BCUT2D eigenvalue weighted by atomic mass is 10.0. The molecule has 0 aliphatic rings. The van der Waals surface area contributed by atoms with Crippen molar-refractivity contribution in [2.24, 2.45) is 11.5 Å². The molecular weight excluding hydrogens is 525 g/mol. The van der Waals surface area contributed by atoms with Gasteiger partial charge in [0.05, 0.1) is 36.4 Å². The van der Waals surface area contributed by atoms with Gasteiger partial charge in [-0.05, 0) is 42.7 Å². The Morgan fingerprint density at radius 2 is 1.76 bits per heavy atom. The van der Waals surface area contributed by atoms with Crippen LogP contribution in [0.15, 0.2) is 30.3 Å². The first kappa shape index (κ1) is 29.7. The molecule has 0 aliphatic heterocycles. The van der Waals surface area contributed by atoms with Crippen molar-refractivity contribution >= 4 is 52.5 Å². The third-order valence-electron chi connectivity index (χ3n) is 5.39. The van der Waals surface area contributed by atoms with Gasteiger partial charge in [-0.15, -0.1) is 0 Å². The molecule has 2 aromatic rings. The first-order chi connectivity index (χ1) is 17.5. The number of halogens is 2. The Morgan fingerprint density at radius 3 is 2.30 bits per heavy atom. The Morgan fingerprint density at radius 1 is 1.14 bits per heavy atom. The number of rotatable bonds is 13. The fourth-order valence-electron chi connectivity index (χ4n) is 3.42. The molecular formula is C24H29Cl2N5O6. The predicted molar refractivity (Wildman–Crippen MR) is 141 cm³/mol. The molecule has 0 spiro atoms. The summed E-state index contributed by atoms with van der Waals surface area (Å²) >= 11 is 12.6. The van der Waals surface area contributed by atoms with Gasteiger partial charge in [0.15, 0.2) is 11.7 Å². The van der Waals surface area contributed by atoms with Crippen molar-refractivity contribution in [2.75, 3.05) is 26.1 Å². The van der Waals surface area contributed by atoms with Crippen LogP contribution in [0.25, 0.3) is 0 Å². The summed E-state index contributed by atoms with van der Waals surface area (Å²) in [5.41, 5.74) is 12.1. The quantitative estimate of drug-likeness (QED) is 0.108. The highest BCUT2D eigenvalue weighted by Gasteiger charge is 2.24. The van der Waals surface area contributed by atoms with Crippen LogP contribution >= 0.6 is 23.2 Å². The van der Waals surface area contributed by atoms with Gasteiger partial charge >= 0.3 is 5.97 Å². The molecule has 0 radical (unpaired) electrons. The number of carbonyl (C=O) groups excluding carboxylic acids is 2. The smallest absolute Gasteiger partial charge is 0.320 e. The molecule has 0 fully saturated rings. The number of nitrogens with one attached hydrogen (secondary N) is 2. The van der Waals surface area contributed by atoms with Crippen LogP contribution in [-0.2, 0) is 16.1 Å². The van der Waals surface area contributed by atoms with Gasteiger partial charge in [-0.1, -0.05) is 23.2 Å².